The van der Waals surface area contributed by atoms with E-state index in [1.807, 2.05) is 30.5 Å². The van der Waals surface area contributed by atoms with E-state index >= 15 is 0 Å². The summed E-state index contributed by atoms with van der Waals surface area (Å²) < 4.78 is 13.0. The molecule has 0 radical (unpaired) electrons. The van der Waals surface area contributed by atoms with Gasteiger partial charge in [-0.1, -0.05) is 12.1 Å². The van der Waals surface area contributed by atoms with Crippen LogP contribution in [-0.4, -0.2) is 24.1 Å². The molecule has 2 rings (SSSR count). The summed E-state index contributed by atoms with van der Waals surface area (Å²) in [6.45, 7) is 0.476. The molecule has 5 heteroatoms. The Bertz CT molecular complexity index is 643. The van der Waals surface area contributed by atoms with Gasteiger partial charge in [-0.15, -0.1) is 11.8 Å². The zero-order valence-electron chi connectivity index (χ0n) is 12.0. The van der Waals surface area contributed by atoms with Crippen molar-refractivity contribution >= 4 is 23.4 Å². The number of hydrogen-bond acceptors (Lipinski definition) is 3. The van der Waals surface area contributed by atoms with Crippen LogP contribution in [0, 0.1) is 5.82 Å². The molecular formula is C16H17FN2OS. The van der Waals surface area contributed by atoms with Gasteiger partial charge < -0.3 is 10.6 Å². The van der Waals surface area contributed by atoms with E-state index in [1.54, 1.807) is 23.7 Å². The molecule has 0 atom stereocenters. The standard InChI is InChI=1S/C16H17FN2OS/c1-19(10-11-3-6-13(21-2)7-4-11)16(20)14-8-5-12(17)9-15(14)18/h3-9H,10,18H2,1-2H3. The van der Waals surface area contributed by atoms with Crippen LogP contribution in [0.15, 0.2) is 47.4 Å². The number of thioether (sulfide) groups is 1. The normalized spacial score (nSPS) is 10.4. The van der Waals surface area contributed by atoms with Crippen LogP contribution in [0.25, 0.3) is 0 Å². The van der Waals surface area contributed by atoms with Crippen molar-refractivity contribution in [3.05, 3.63) is 59.4 Å². The predicted molar refractivity (Wildman–Crippen MR) is 84.8 cm³/mol. The fourth-order valence-corrected chi connectivity index (χ4v) is 2.42. The molecular weight excluding hydrogens is 287 g/mol. The first-order valence-corrected chi connectivity index (χ1v) is 7.67. The van der Waals surface area contributed by atoms with Crippen molar-refractivity contribution in [2.45, 2.75) is 11.4 Å². The number of nitrogen functional groups attached to an aromatic ring is 1. The van der Waals surface area contributed by atoms with E-state index in [-0.39, 0.29) is 11.6 Å². The highest BCUT2D eigenvalue weighted by molar-refractivity contribution is 7.98. The highest BCUT2D eigenvalue weighted by Gasteiger charge is 2.15. The van der Waals surface area contributed by atoms with E-state index in [0.717, 1.165) is 11.6 Å². The first kappa shape index (κ1) is 15.4. The zero-order valence-corrected chi connectivity index (χ0v) is 12.8. The average Bonchev–Trinajstić information content (AvgIpc) is 2.47. The van der Waals surface area contributed by atoms with Crippen LogP contribution in [0.3, 0.4) is 0 Å². The highest BCUT2D eigenvalue weighted by Crippen LogP contribution is 2.18. The van der Waals surface area contributed by atoms with Crippen molar-refractivity contribution in [2.75, 3.05) is 19.0 Å². The maximum absolute atomic E-state index is 13.0. The Balaban J connectivity index is 2.11. The largest absolute Gasteiger partial charge is 0.398 e. The van der Waals surface area contributed by atoms with Crippen molar-refractivity contribution in [1.29, 1.82) is 0 Å². The topological polar surface area (TPSA) is 46.3 Å². The molecule has 0 saturated heterocycles. The van der Waals surface area contributed by atoms with E-state index < -0.39 is 5.82 Å². The number of anilines is 1. The van der Waals surface area contributed by atoms with Gasteiger partial charge in [-0.05, 0) is 42.2 Å². The van der Waals surface area contributed by atoms with Gasteiger partial charge in [0.15, 0.2) is 0 Å². The van der Waals surface area contributed by atoms with Gasteiger partial charge in [0, 0.05) is 24.2 Å². The number of rotatable bonds is 4. The van der Waals surface area contributed by atoms with Gasteiger partial charge >= 0.3 is 0 Å². The van der Waals surface area contributed by atoms with E-state index in [4.69, 9.17) is 5.73 Å². The molecule has 2 aromatic carbocycles. The van der Waals surface area contributed by atoms with Crippen molar-refractivity contribution in [2.24, 2.45) is 0 Å². The molecule has 1 amide bonds. The summed E-state index contributed by atoms with van der Waals surface area (Å²) in [5.41, 5.74) is 7.21. The molecule has 2 aromatic rings. The SMILES string of the molecule is CSc1ccc(CN(C)C(=O)c2ccc(F)cc2N)cc1. The van der Waals surface area contributed by atoms with Gasteiger partial charge in [-0.2, -0.15) is 0 Å². The molecule has 0 saturated carbocycles. The molecule has 0 aliphatic carbocycles. The lowest BCUT2D eigenvalue weighted by atomic mass is 10.1. The summed E-state index contributed by atoms with van der Waals surface area (Å²) >= 11 is 1.67. The minimum absolute atomic E-state index is 0.157. The Morgan fingerprint density at radius 3 is 2.48 bits per heavy atom. The van der Waals surface area contributed by atoms with E-state index in [9.17, 15) is 9.18 Å². The lowest BCUT2D eigenvalue weighted by Crippen LogP contribution is -2.27. The molecule has 0 bridgehead atoms. The fourth-order valence-electron chi connectivity index (χ4n) is 2.01. The van der Waals surface area contributed by atoms with Crippen molar-refractivity contribution in [3.63, 3.8) is 0 Å². The number of carbonyl (C=O) groups is 1. The Labute approximate surface area is 127 Å². The van der Waals surface area contributed by atoms with E-state index in [1.165, 1.54) is 17.0 Å². The summed E-state index contributed by atoms with van der Waals surface area (Å²) in [5, 5.41) is 0. The van der Waals surface area contributed by atoms with Crippen LogP contribution in [0.1, 0.15) is 15.9 Å². The molecule has 0 unspecified atom stereocenters. The van der Waals surface area contributed by atoms with Crippen LogP contribution in [-0.2, 0) is 6.54 Å². The summed E-state index contributed by atoms with van der Waals surface area (Å²) in [4.78, 5) is 15.1. The minimum Gasteiger partial charge on any atom is -0.398 e. The first-order valence-electron chi connectivity index (χ1n) is 6.44. The number of amides is 1. The Morgan fingerprint density at radius 1 is 1.24 bits per heavy atom. The number of nitrogens with zero attached hydrogens (tertiary/aromatic N) is 1. The number of carbonyl (C=O) groups excluding carboxylic acids is 1. The molecule has 0 aliphatic rings. The quantitative estimate of drug-likeness (QED) is 0.695. The number of hydrogen-bond donors (Lipinski definition) is 1. The highest BCUT2D eigenvalue weighted by atomic mass is 32.2. The maximum Gasteiger partial charge on any atom is 0.255 e. The predicted octanol–water partition coefficient (Wildman–Crippen LogP) is 3.40. The van der Waals surface area contributed by atoms with E-state index in [2.05, 4.69) is 0 Å². The van der Waals surface area contributed by atoms with Crippen LogP contribution in [0.2, 0.25) is 0 Å². The number of halogens is 1. The van der Waals surface area contributed by atoms with Crippen LogP contribution >= 0.6 is 11.8 Å². The monoisotopic (exact) mass is 304 g/mol. The van der Waals surface area contributed by atoms with Gasteiger partial charge in [0.1, 0.15) is 5.82 Å². The molecule has 0 heterocycles. The first-order chi connectivity index (χ1) is 10.0. The van der Waals surface area contributed by atoms with Crippen LogP contribution < -0.4 is 5.73 Å². The van der Waals surface area contributed by atoms with Crippen molar-refractivity contribution in [3.8, 4) is 0 Å². The molecule has 0 spiro atoms. The fraction of sp³-hybridized carbons (Fsp3) is 0.188. The molecule has 2 N–H and O–H groups in total. The Hall–Kier alpha value is -2.01. The molecule has 110 valence electrons. The molecule has 21 heavy (non-hydrogen) atoms. The van der Waals surface area contributed by atoms with Crippen molar-refractivity contribution in [1.82, 2.24) is 4.90 Å². The second kappa shape index (κ2) is 6.63. The third-order valence-corrected chi connectivity index (χ3v) is 3.91. The number of nitrogens with two attached hydrogens (primary N) is 1. The summed E-state index contributed by atoms with van der Waals surface area (Å²) in [5.74, 6) is -0.666. The van der Waals surface area contributed by atoms with E-state index in [0.29, 0.717) is 12.1 Å². The van der Waals surface area contributed by atoms with Crippen molar-refractivity contribution < 1.29 is 9.18 Å². The van der Waals surface area contributed by atoms with Gasteiger partial charge in [-0.25, -0.2) is 4.39 Å². The Morgan fingerprint density at radius 2 is 1.90 bits per heavy atom. The molecule has 0 aromatic heterocycles. The zero-order chi connectivity index (χ0) is 15.4. The summed E-state index contributed by atoms with van der Waals surface area (Å²) in [7, 11) is 1.70. The van der Waals surface area contributed by atoms with Gasteiger partial charge in [-0.3, -0.25) is 4.79 Å². The average molecular weight is 304 g/mol. The van der Waals surface area contributed by atoms with Crippen LogP contribution in [0.5, 0.6) is 0 Å². The van der Waals surface area contributed by atoms with Gasteiger partial charge in [0.05, 0.1) is 5.56 Å². The third kappa shape index (κ3) is 3.76. The summed E-state index contributed by atoms with van der Waals surface area (Å²) in [6.07, 6.45) is 2.02. The minimum atomic E-state index is -0.445. The molecule has 3 nitrogen and oxygen atoms in total. The molecule has 0 aliphatic heterocycles. The number of benzene rings is 2. The van der Waals surface area contributed by atoms with Gasteiger partial charge in [0.2, 0.25) is 0 Å². The maximum atomic E-state index is 13.0. The second-order valence-electron chi connectivity index (χ2n) is 4.74. The lowest BCUT2D eigenvalue weighted by molar-refractivity contribution is 0.0786. The lowest BCUT2D eigenvalue weighted by Gasteiger charge is -2.18. The Kier molecular flexibility index (Phi) is 4.85. The third-order valence-electron chi connectivity index (χ3n) is 3.17. The summed E-state index contributed by atoms with van der Waals surface area (Å²) in [6, 6.07) is 11.8. The second-order valence-corrected chi connectivity index (χ2v) is 5.62. The smallest absolute Gasteiger partial charge is 0.255 e. The molecule has 0 fully saturated rings. The van der Waals surface area contributed by atoms with Crippen LogP contribution in [0.4, 0.5) is 10.1 Å². The van der Waals surface area contributed by atoms with Gasteiger partial charge in [0.25, 0.3) is 5.91 Å².